The van der Waals surface area contributed by atoms with Crippen LogP contribution in [-0.4, -0.2) is 19.1 Å². The van der Waals surface area contributed by atoms with E-state index in [0.717, 1.165) is 88.4 Å². The largest absolute Gasteiger partial charge is 0.308 e. The van der Waals surface area contributed by atoms with E-state index in [1.54, 1.807) is 6.07 Å². The smallest absolute Gasteiger partial charge is 0.134 e. The highest BCUT2D eigenvalue weighted by molar-refractivity contribution is 6.13. The molecule has 0 radical (unpaired) electrons. The Morgan fingerprint density at radius 3 is 1.41 bits per heavy atom. The van der Waals surface area contributed by atoms with Crippen molar-refractivity contribution in [2.24, 2.45) is 0 Å². The molecule has 12 aromatic rings. The van der Waals surface area contributed by atoms with Gasteiger partial charge in [0.1, 0.15) is 23.3 Å². The number of fused-ring (bicyclic) bond motifs is 6. The molecular weight excluding hydrogens is 817 g/mol. The Morgan fingerprint density at radius 2 is 0.864 bits per heavy atom. The van der Waals surface area contributed by atoms with Crippen LogP contribution in [0.2, 0.25) is 0 Å². The lowest BCUT2D eigenvalue weighted by Crippen LogP contribution is -2.07. The summed E-state index contributed by atoms with van der Waals surface area (Å²) in [5.74, 6) is -1.45. The minimum absolute atomic E-state index is 0.206. The van der Waals surface area contributed by atoms with Crippen molar-refractivity contribution in [2.75, 3.05) is 0 Å². The van der Waals surface area contributed by atoms with Crippen LogP contribution in [0.4, 0.5) is 8.78 Å². The lowest BCUT2D eigenvalue weighted by Gasteiger charge is -2.20. The zero-order valence-electron chi connectivity index (χ0n) is 35.2. The second-order valence-corrected chi connectivity index (χ2v) is 16.3. The summed E-state index contributed by atoms with van der Waals surface area (Å²) in [5, 5.41) is 15.4. The van der Waals surface area contributed by atoms with Gasteiger partial charge in [-0.15, -0.1) is 0 Å². The normalized spacial score (nSPS) is 11.5. The summed E-state index contributed by atoms with van der Waals surface area (Å²) in [4.78, 5) is 9.32. The van der Waals surface area contributed by atoms with Crippen LogP contribution in [-0.2, 0) is 0 Å². The van der Waals surface area contributed by atoms with Gasteiger partial charge in [-0.25, -0.2) is 8.78 Å². The number of rotatable bonds is 7. The van der Waals surface area contributed by atoms with Crippen molar-refractivity contribution >= 4 is 43.6 Å². The van der Waals surface area contributed by atoms with Crippen LogP contribution >= 0.6 is 0 Å². The molecule has 310 valence electrons. The molecule has 7 heteroatoms. The van der Waals surface area contributed by atoms with Crippen molar-refractivity contribution < 1.29 is 8.78 Å². The molecule has 0 aliphatic carbocycles. The van der Waals surface area contributed by atoms with Crippen molar-refractivity contribution in [3.8, 4) is 73.3 Å². The van der Waals surface area contributed by atoms with Crippen LogP contribution < -0.4 is 0 Å². The average molecular weight is 852 g/mol. The van der Waals surface area contributed by atoms with Crippen LogP contribution in [0.3, 0.4) is 0 Å². The first-order valence-electron chi connectivity index (χ1n) is 21.7. The summed E-state index contributed by atoms with van der Waals surface area (Å²) in [7, 11) is 0. The third-order valence-electron chi connectivity index (χ3n) is 12.6. The van der Waals surface area contributed by atoms with Crippen molar-refractivity contribution in [3.05, 3.63) is 230 Å². The lowest BCUT2D eigenvalue weighted by atomic mass is 9.97. The molecule has 12 rings (SSSR count). The van der Waals surface area contributed by atoms with E-state index in [1.165, 1.54) is 18.2 Å². The van der Waals surface area contributed by atoms with E-state index in [9.17, 15) is 5.26 Å². The first-order chi connectivity index (χ1) is 32.5. The fourth-order valence-electron chi connectivity index (χ4n) is 9.63. The van der Waals surface area contributed by atoms with Crippen LogP contribution in [0.25, 0.3) is 111 Å². The summed E-state index contributed by atoms with van der Waals surface area (Å²) < 4.78 is 36.4. The molecule has 0 spiro atoms. The van der Waals surface area contributed by atoms with Crippen LogP contribution in [0.5, 0.6) is 0 Å². The molecule has 0 N–H and O–H groups in total. The summed E-state index contributed by atoms with van der Waals surface area (Å²) in [5.41, 5.74) is 12.4. The maximum atomic E-state index is 16.2. The molecule has 0 fully saturated rings. The Hall–Kier alpha value is -8.99. The van der Waals surface area contributed by atoms with Gasteiger partial charge < -0.3 is 9.13 Å². The van der Waals surface area contributed by atoms with Crippen molar-refractivity contribution in [2.45, 2.75) is 0 Å². The summed E-state index contributed by atoms with van der Waals surface area (Å²) in [6.07, 6.45) is 3.66. The first-order valence-corrected chi connectivity index (χ1v) is 21.7. The van der Waals surface area contributed by atoms with Gasteiger partial charge in [-0.05, 0) is 107 Å². The third kappa shape index (κ3) is 6.27. The van der Waals surface area contributed by atoms with E-state index in [1.807, 2.05) is 126 Å². The molecule has 0 bridgehead atoms. The molecule has 0 saturated carbocycles. The van der Waals surface area contributed by atoms with E-state index in [4.69, 9.17) is 0 Å². The SMILES string of the molecule is N#Cc1c(-n2c3ccccc3c3cc(-c4ccnc(-c5ccccc5)c4)ccc32)ccc(-c2c(F)cccc2F)c1-n1c2ccccc2c2cc(-c3ccnc(-c4ccccc4)c3)ccc21. The van der Waals surface area contributed by atoms with Gasteiger partial charge in [0.2, 0.25) is 0 Å². The second-order valence-electron chi connectivity index (χ2n) is 16.3. The summed E-state index contributed by atoms with van der Waals surface area (Å²) in [6.45, 7) is 0. The molecule has 0 atom stereocenters. The monoisotopic (exact) mass is 851 g/mol. The van der Waals surface area contributed by atoms with Gasteiger partial charge in [-0.2, -0.15) is 5.26 Å². The predicted molar refractivity (Wildman–Crippen MR) is 263 cm³/mol. The Labute approximate surface area is 378 Å². The second kappa shape index (κ2) is 15.7. The fraction of sp³-hybridized carbons (Fsp3) is 0. The molecule has 0 aliphatic rings. The maximum Gasteiger partial charge on any atom is 0.134 e. The lowest BCUT2D eigenvalue weighted by molar-refractivity contribution is 0.589. The number of benzene rings is 8. The van der Waals surface area contributed by atoms with Crippen molar-refractivity contribution in [1.29, 1.82) is 5.26 Å². The molecule has 0 unspecified atom stereocenters. The number of hydrogen-bond donors (Lipinski definition) is 0. The molecule has 0 saturated heterocycles. The highest BCUT2D eigenvalue weighted by Gasteiger charge is 2.27. The summed E-state index contributed by atoms with van der Waals surface area (Å²) in [6, 6.07) is 67.1. The Morgan fingerprint density at radius 1 is 0.394 bits per heavy atom. The standard InChI is InChI=1S/C59H35F2N5/c60-49-18-11-19-50(61)58(49)45-24-27-57(65-53-20-9-7-16-43(53)46-32-39(22-25-55(46)65)41-28-30-63-51(34-41)37-12-3-1-4-13-37)48(36-62)59(45)66-54-21-10-8-17-44(54)47-33-40(23-26-56(47)66)42-29-31-64-52(35-42)38-14-5-2-6-15-38/h1-35H. The van der Waals surface area contributed by atoms with Gasteiger partial charge in [-0.1, -0.05) is 115 Å². The molecule has 8 aromatic carbocycles. The zero-order chi connectivity index (χ0) is 44.3. The van der Waals surface area contributed by atoms with E-state index < -0.39 is 11.6 Å². The van der Waals surface area contributed by atoms with Gasteiger partial charge in [0.25, 0.3) is 0 Å². The first kappa shape index (κ1) is 38.7. The molecule has 4 heterocycles. The van der Waals surface area contributed by atoms with Crippen LogP contribution in [0.1, 0.15) is 5.56 Å². The molecule has 0 aliphatic heterocycles. The maximum absolute atomic E-state index is 16.2. The molecular formula is C59H35F2N5. The van der Waals surface area contributed by atoms with Gasteiger partial charge in [0.15, 0.2) is 0 Å². The quantitative estimate of drug-likeness (QED) is 0.160. The Balaban J connectivity index is 1.10. The third-order valence-corrected chi connectivity index (χ3v) is 12.6. The van der Waals surface area contributed by atoms with E-state index in [-0.39, 0.29) is 16.7 Å². The van der Waals surface area contributed by atoms with Gasteiger partial charge >= 0.3 is 0 Å². The van der Waals surface area contributed by atoms with E-state index in [2.05, 4.69) is 87.3 Å². The number of para-hydroxylation sites is 2. The number of nitriles is 1. The van der Waals surface area contributed by atoms with Gasteiger partial charge in [-0.3, -0.25) is 9.97 Å². The van der Waals surface area contributed by atoms with Crippen molar-refractivity contribution in [3.63, 3.8) is 0 Å². The number of aromatic nitrogens is 4. The number of halogens is 2. The molecule has 4 aromatic heterocycles. The van der Waals surface area contributed by atoms with Gasteiger partial charge in [0.05, 0.1) is 50.4 Å². The summed E-state index contributed by atoms with van der Waals surface area (Å²) >= 11 is 0. The average Bonchev–Trinajstić information content (AvgIpc) is 3.88. The van der Waals surface area contributed by atoms with E-state index in [0.29, 0.717) is 11.4 Å². The van der Waals surface area contributed by atoms with Crippen molar-refractivity contribution in [1.82, 2.24) is 19.1 Å². The highest BCUT2D eigenvalue weighted by atomic mass is 19.1. The van der Waals surface area contributed by atoms with Gasteiger partial charge in [0, 0.05) is 50.6 Å². The molecule has 0 amide bonds. The minimum atomic E-state index is -0.723. The topological polar surface area (TPSA) is 59.4 Å². The number of nitrogens with zero attached hydrogens (tertiary/aromatic N) is 5. The number of hydrogen-bond acceptors (Lipinski definition) is 3. The van der Waals surface area contributed by atoms with E-state index >= 15 is 8.78 Å². The Kier molecular flexibility index (Phi) is 9.18. The van der Waals surface area contributed by atoms with Crippen LogP contribution in [0.15, 0.2) is 213 Å². The Bertz CT molecular complexity index is 3900. The molecule has 5 nitrogen and oxygen atoms in total. The fourth-order valence-corrected chi connectivity index (χ4v) is 9.63. The highest BCUT2D eigenvalue weighted by Crippen LogP contribution is 2.44. The van der Waals surface area contributed by atoms with Crippen LogP contribution in [0, 0.1) is 23.0 Å². The minimum Gasteiger partial charge on any atom is -0.308 e. The zero-order valence-corrected chi connectivity index (χ0v) is 35.2. The number of pyridine rings is 2. The molecule has 66 heavy (non-hydrogen) atoms. The predicted octanol–water partition coefficient (Wildman–Crippen LogP) is 15.2.